The van der Waals surface area contributed by atoms with Crippen molar-refractivity contribution in [2.45, 2.75) is 56.6 Å². The van der Waals surface area contributed by atoms with Gasteiger partial charge in [-0.2, -0.15) is 0 Å². The van der Waals surface area contributed by atoms with Gasteiger partial charge >= 0.3 is 0 Å². The zero-order valence-electron chi connectivity index (χ0n) is 15.6. The number of aromatic nitrogens is 2. The average Bonchev–Trinajstić information content (AvgIpc) is 3.14. The SMILES string of the molecule is CC1CSC(CCc2ccc(C(C)C)cc2)(CCn2ccnc2)SC1. The molecule has 0 atom stereocenters. The standard InChI is InChI=1S/C21H30N2S2/c1-17(2)20-6-4-19(5-7-20)8-9-21(24-14-18(3)15-25-21)10-12-23-13-11-22-16-23/h4-7,11,13,16-18H,8-10,12,14-15H2,1-3H3. The van der Waals surface area contributed by atoms with Gasteiger partial charge in [0.05, 0.1) is 10.4 Å². The summed E-state index contributed by atoms with van der Waals surface area (Å²) < 4.78 is 2.58. The Morgan fingerprint density at radius 1 is 1.16 bits per heavy atom. The van der Waals surface area contributed by atoms with E-state index < -0.39 is 0 Å². The van der Waals surface area contributed by atoms with Crippen molar-refractivity contribution in [2.24, 2.45) is 5.92 Å². The third-order valence-corrected chi connectivity index (χ3v) is 9.06. The normalized spacial score (nSPS) is 23.9. The summed E-state index contributed by atoms with van der Waals surface area (Å²) in [5.74, 6) is 4.04. The zero-order chi connectivity index (χ0) is 17.7. The molecule has 1 fully saturated rings. The Labute approximate surface area is 161 Å². The van der Waals surface area contributed by atoms with Crippen LogP contribution in [0.2, 0.25) is 0 Å². The van der Waals surface area contributed by atoms with Crippen LogP contribution in [0.1, 0.15) is 50.7 Å². The van der Waals surface area contributed by atoms with Crippen LogP contribution in [0.3, 0.4) is 0 Å². The monoisotopic (exact) mass is 374 g/mol. The van der Waals surface area contributed by atoms with Crippen molar-refractivity contribution in [3.63, 3.8) is 0 Å². The topological polar surface area (TPSA) is 17.8 Å². The van der Waals surface area contributed by atoms with Gasteiger partial charge in [-0.05, 0) is 53.7 Å². The molecule has 2 nitrogen and oxygen atoms in total. The minimum atomic E-state index is 0.355. The Morgan fingerprint density at radius 2 is 1.88 bits per heavy atom. The minimum Gasteiger partial charge on any atom is -0.337 e. The Kier molecular flexibility index (Phi) is 6.56. The number of hydrogen-bond donors (Lipinski definition) is 0. The summed E-state index contributed by atoms with van der Waals surface area (Å²) in [6, 6.07) is 9.28. The lowest BCUT2D eigenvalue weighted by molar-refractivity contribution is 0.563. The van der Waals surface area contributed by atoms with Crippen molar-refractivity contribution < 1.29 is 0 Å². The van der Waals surface area contributed by atoms with Gasteiger partial charge in [0.25, 0.3) is 0 Å². The van der Waals surface area contributed by atoms with E-state index in [1.807, 2.05) is 12.5 Å². The molecule has 0 aliphatic carbocycles. The number of benzene rings is 1. The molecule has 0 amide bonds. The van der Waals surface area contributed by atoms with E-state index in [1.54, 1.807) is 0 Å². The molecular weight excluding hydrogens is 344 g/mol. The van der Waals surface area contributed by atoms with E-state index in [9.17, 15) is 0 Å². The first-order valence-corrected chi connectivity index (χ1v) is 11.4. The van der Waals surface area contributed by atoms with E-state index >= 15 is 0 Å². The second kappa shape index (κ2) is 8.68. The number of hydrogen-bond acceptors (Lipinski definition) is 3. The van der Waals surface area contributed by atoms with Crippen LogP contribution < -0.4 is 0 Å². The number of thioether (sulfide) groups is 2. The van der Waals surface area contributed by atoms with Gasteiger partial charge in [0, 0.05) is 18.9 Å². The molecule has 1 aliphatic heterocycles. The first kappa shape index (κ1) is 18.9. The summed E-state index contributed by atoms with van der Waals surface area (Å²) in [4.78, 5) is 4.19. The predicted molar refractivity (Wildman–Crippen MR) is 113 cm³/mol. The molecule has 2 heterocycles. The van der Waals surface area contributed by atoms with E-state index in [1.165, 1.54) is 41.9 Å². The molecule has 2 aromatic rings. The van der Waals surface area contributed by atoms with Crippen LogP contribution in [0.4, 0.5) is 0 Å². The highest BCUT2D eigenvalue weighted by Gasteiger charge is 2.35. The summed E-state index contributed by atoms with van der Waals surface area (Å²) in [7, 11) is 0. The van der Waals surface area contributed by atoms with Crippen molar-refractivity contribution in [3.05, 3.63) is 54.1 Å². The maximum Gasteiger partial charge on any atom is 0.0945 e. The van der Waals surface area contributed by atoms with Crippen LogP contribution in [0, 0.1) is 5.92 Å². The fourth-order valence-corrected chi connectivity index (χ4v) is 6.48. The predicted octanol–water partition coefficient (Wildman–Crippen LogP) is 5.84. The molecule has 25 heavy (non-hydrogen) atoms. The van der Waals surface area contributed by atoms with E-state index in [2.05, 4.69) is 84.3 Å². The lowest BCUT2D eigenvalue weighted by Crippen LogP contribution is -2.30. The molecule has 1 saturated heterocycles. The highest BCUT2D eigenvalue weighted by molar-refractivity contribution is 8.18. The van der Waals surface area contributed by atoms with E-state index in [0.29, 0.717) is 10.00 Å². The lowest BCUT2D eigenvalue weighted by Gasteiger charge is -2.38. The summed E-state index contributed by atoms with van der Waals surface area (Å²) in [6.45, 7) is 7.97. The van der Waals surface area contributed by atoms with Crippen LogP contribution >= 0.6 is 23.5 Å². The van der Waals surface area contributed by atoms with Crippen LogP contribution in [0.15, 0.2) is 43.0 Å². The van der Waals surface area contributed by atoms with Crippen molar-refractivity contribution in [1.29, 1.82) is 0 Å². The van der Waals surface area contributed by atoms with Gasteiger partial charge in [-0.25, -0.2) is 4.98 Å². The second-order valence-electron chi connectivity index (χ2n) is 7.58. The Hall–Kier alpha value is -0.870. The highest BCUT2D eigenvalue weighted by Crippen LogP contribution is 2.49. The molecule has 1 aromatic carbocycles. The van der Waals surface area contributed by atoms with E-state index in [-0.39, 0.29) is 0 Å². The first-order chi connectivity index (χ1) is 12.1. The molecule has 1 aliphatic rings. The fourth-order valence-electron chi connectivity index (χ4n) is 3.21. The fraction of sp³-hybridized carbons (Fsp3) is 0.571. The molecule has 3 rings (SSSR count). The van der Waals surface area contributed by atoms with Gasteiger partial charge in [0.15, 0.2) is 0 Å². The van der Waals surface area contributed by atoms with Gasteiger partial charge in [0.2, 0.25) is 0 Å². The molecule has 0 radical (unpaired) electrons. The number of nitrogens with zero attached hydrogens (tertiary/aromatic N) is 2. The summed E-state index contributed by atoms with van der Waals surface area (Å²) in [6.07, 6.45) is 9.56. The van der Waals surface area contributed by atoms with Crippen LogP contribution in [0.5, 0.6) is 0 Å². The zero-order valence-corrected chi connectivity index (χ0v) is 17.3. The third kappa shape index (κ3) is 5.30. The summed E-state index contributed by atoms with van der Waals surface area (Å²) in [5, 5.41) is 0. The smallest absolute Gasteiger partial charge is 0.0945 e. The Bertz CT molecular complexity index is 626. The number of rotatable bonds is 7. The molecular formula is C21H30N2S2. The number of imidazole rings is 1. The van der Waals surface area contributed by atoms with Crippen LogP contribution in [0.25, 0.3) is 0 Å². The number of aryl methyl sites for hydroxylation is 2. The molecule has 136 valence electrons. The van der Waals surface area contributed by atoms with Gasteiger partial charge in [0.1, 0.15) is 0 Å². The Balaban J connectivity index is 1.62. The van der Waals surface area contributed by atoms with E-state index in [0.717, 1.165) is 12.5 Å². The maximum atomic E-state index is 4.19. The van der Waals surface area contributed by atoms with Gasteiger partial charge in [-0.15, -0.1) is 23.5 Å². The lowest BCUT2D eigenvalue weighted by atomic mass is 9.99. The maximum absolute atomic E-state index is 4.19. The first-order valence-electron chi connectivity index (χ1n) is 9.39. The summed E-state index contributed by atoms with van der Waals surface area (Å²) >= 11 is 4.39. The van der Waals surface area contributed by atoms with E-state index in [4.69, 9.17) is 0 Å². The van der Waals surface area contributed by atoms with Crippen molar-refractivity contribution in [1.82, 2.24) is 9.55 Å². The van der Waals surface area contributed by atoms with Crippen LogP contribution in [-0.2, 0) is 13.0 Å². The quantitative estimate of drug-likeness (QED) is 0.606. The molecule has 0 N–H and O–H groups in total. The molecule has 0 spiro atoms. The molecule has 0 unspecified atom stereocenters. The largest absolute Gasteiger partial charge is 0.337 e. The van der Waals surface area contributed by atoms with Gasteiger partial charge in [-0.3, -0.25) is 0 Å². The molecule has 4 heteroatoms. The third-order valence-electron chi connectivity index (χ3n) is 5.01. The molecule has 0 saturated carbocycles. The molecule has 1 aromatic heterocycles. The van der Waals surface area contributed by atoms with Crippen LogP contribution in [-0.4, -0.2) is 25.1 Å². The summed E-state index contributed by atoms with van der Waals surface area (Å²) in [5.41, 5.74) is 2.92. The van der Waals surface area contributed by atoms with Crippen molar-refractivity contribution >= 4 is 23.5 Å². The second-order valence-corrected chi connectivity index (χ2v) is 10.7. The highest BCUT2D eigenvalue weighted by atomic mass is 32.2. The molecule has 0 bridgehead atoms. The average molecular weight is 375 g/mol. The van der Waals surface area contributed by atoms with Gasteiger partial charge in [-0.1, -0.05) is 45.0 Å². The minimum absolute atomic E-state index is 0.355. The van der Waals surface area contributed by atoms with Gasteiger partial charge < -0.3 is 4.57 Å². The Morgan fingerprint density at radius 3 is 2.48 bits per heavy atom. The van der Waals surface area contributed by atoms with Crippen molar-refractivity contribution in [3.8, 4) is 0 Å². The van der Waals surface area contributed by atoms with Crippen molar-refractivity contribution in [2.75, 3.05) is 11.5 Å².